The molecule has 2 heterocycles. The fraction of sp³-hybridized carbons (Fsp3) is 0.214. The number of pyridine rings is 1. The molecule has 1 aromatic heterocycles. The number of aromatic nitrogens is 1. The van der Waals surface area contributed by atoms with E-state index in [0.717, 1.165) is 18.7 Å². The van der Waals surface area contributed by atoms with Gasteiger partial charge in [-0.2, -0.15) is 0 Å². The van der Waals surface area contributed by atoms with Gasteiger partial charge < -0.3 is 10.4 Å². The van der Waals surface area contributed by atoms with Gasteiger partial charge in [-0.1, -0.05) is 18.2 Å². The maximum Gasteiger partial charge on any atom is 0.133 e. The van der Waals surface area contributed by atoms with Crippen LogP contribution < -0.4 is 5.32 Å². The maximum atomic E-state index is 9.20. The van der Waals surface area contributed by atoms with Crippen molar-refractivity contribution in [1.29, 1.82) is 0 Å². The largest absolute Gasteiger partial charge is 0.506 e. The van der Waals surface area contributed by atoms with Crippen LogP contribution in [0.15, 0.2) is 42.6 Å². The van der Waals surface area contributed by atoms with E-state index in [4.69, 9.17) is 0 Å². The summed E-state index contributed by atoms with van der Waals surface area (Å²) in [5.41, 5.74) is 3.62. The summed E-state index contributed by atoms with van der Waals surface area (Å²) in [6.45, 7) is 0.960. The lowest BCUT2D eigenvalue weighted by atomic mass is 9.96. The van der Waals surface area contributed by atoms with Crippen molar-refractivity contribution in [3.8, 4) is 5.75 Å². The quantitative estimate of drug-likeness (QED) is 0.827. The molecule has 1 aromatic carbocycles. The Balaban J connectivity index is 1.81. The number of anilines is 1. The summed E-state index contributed by atoms with van der Waals surface area (Å²) in [6.07, 6.45) is 2.41. The van der Waals surface area contributed by atoms with E-state index in [9.17, 15) is 5.11 Å². The Morgan fingerprint density at radius 1 is 1.24 bits per heavy atom. The number of para-hydroxylation sites is 1. The Hall–Kier alpha value is -2.03. The standard InChI is InChI=1S/C14H14N2O/c17-12-6-5-11(15-9-12)7-10-8-16-14-4-2-1-3-13(10)14/h1-6,9-10,16-17H,7-8H2. The molecule has 2 N–H and O–H groups in total. The first kappa shape index (κ1) is 10.1. The van der Waals surface area contributed by atoms with Crippen molar-refractivity contribution in [3.05, 3.63) is 53.9 Å². The highest BCUT2D eigenvalue weighted by Gasteiger charge is 2.21. The van der Waals surface area contributed by atoms with Crippen molar-refractivity contribution in [1.82, 2.24) is 4.98 Å². The fourth-order valence-electron chi connectivity index (χ4n) is 2.33. The molecule has 1 atom stereocenters. The first-order valence-corrected chi connectivity index (χ1v) is 5.79. The maximum absolute atomic E-state index is 9.20. The first-order valence-electron chi connectivity index (χ1n) is 5.79. The van der Waals surface area contributed by atoms with Gasteiger partial charge in [-0.25, -0.2) is 0 Å². The second-order valence-corrected chi connectivity index (χ2v) is 4.38. The number of hydrogen-bond acceptors (Lipinski definition) is 3. The number of nitrogens with zero attached hydrogens (tertiary/aromatic N) is 1. The Morgan fingerprint density at radius 2 is 2.12 bits per heavy atom. The van der Waals surface area contributed by atoms with Crippen LogP contribution in [0.1, 0.15) is 17.2 Å². The molecule has 2 aromatic rings. The zero-order chi connectivity index (χ0) is 11.7. The molecule has 0 radical (unpaired) electrons. The summed E-state index contributed by atoms with van der Waals surface area (Å²) in [6, 6.07) is 12.0. The van der Waals surface area contributed by atoms with E-state index in [0.29, 0.717) is 5.92 Å². The smallest absolute Gasteiger partial charge is 0.133 e. The Labute approximate surface area is 100 Å². The zero-order valence-corrected chi connectivity index (χ0v) is 9.43. The van der Waals surface area contributed by atoms with Gasteiger partial charge in [0.25, 0.3) is 0 Å². The van der Waals surface area contributed by atoms with E-state index in [1.54, 1.807) is 6.07 Å². The fourth-order valence-corrected chi connectivity index (χ4v) is 2.33. The van der Waals surface area contributed by atoms with Gasteiger partial charge in [0.15, 0.2) is 0 Å². The zero-order valence-electron chi connectivity index (χ0n) is 9.43. The lowest BCUT2D eigenvalue weighted by molar-refractivity contribution is 0.472. The van der Waals surface area contributed by atoms with Crippen LogP contribution >= 0.6 is 0 Å². The van der Waals surface area contributed by atoms with E-state index in [1.165, 1.54) is 17.4 Å². The topological polar surface area (TPSA) is 45.1 Å². The third kappa shape index (κ3) is 1.96. The summed E-state index contributed by atoms with van der Waals surface area (Å²) in [7, 11) is 0. The summed E-state index contributed by atoms with van der Waals surface area (Å²) in [5, 5.41) is 12.6. The second-order valence-electron chi connectivity index (χ2n) is 4.38. The molecule has 0 saturated heterocycles. The van der Waals surface area contributed by atoms with E-state index in [1.807, 2.05) is 12.1 Å². The number of nitrogens with one attached hydrogen (secondary N) is 1. The molecule has 0 spiro atoms. The van der Waals surface area contributed by atoms with Crippen molar-refractivity contribution >= 4 is 5.69 Å². The first-order chi connectivity index (χ1) is 8.33. The Bertz CT molecular complexity index is 522. The van der Waals surface area contributed by atoms with Crippen LogP contribution in [0.3, 0.4) is 0 Å². The van der Waals surface area contributed by atoms with Crippen LogP contribution in [-0.4, -0.2) is 16.6 Å². The van der Waals surface area contributed by atoms with Gasteiger partial charge in [0.05, 0.1) is 6.20 Å². The Morgan fingerprint density at radius 3 is 2.94 bits per heavy atom. The second kappa shape index (κ2) is 4.09. The molecule has 17 heavy (non-hydrogen) atoms. The highest BCUT2D eigenvalue weighted by atomic mass is 16.3. The summed E-state index contributed by atoms with van der Waals surface area (Å²) < 4.78 is 0. The van der Waals surface area contributed by atoms with Crippen LogP contribution in [0.5, 0.6) is 5.75 Å². The lowest BCUT2D eigenvalue weighted by Crippen LogP contribution is -2.06. The van der Waals surface area contributed by atoms with Crippen molar-refractivity contribution in [2.75, 3.05) is 11.9 Å². The van der Waals surface area contributed by atoms with Gasteiger partial charge in [-0.15, -0.1) is 0 Å². The average Bonchev–Trinajstić information content (AvgIpc) is 2.76. The molecule has 3 nitrogen and oxygen atoms in total. The molecule has 3 rings (SSSR count). The minimum atomic E-state index is 0.221. The molecule has 86 valence electrons. The van der Waals surface area contributed by atoms with Crippen LogP contribution in [0.2, 0.25) is 0 Å². The van der Waals surface area contributed by atoms with Crippen molar-refractivity contribution in [2.24, 2.45) is 0 Å². The van der Waals surface area contributed by atoms with Crippen LogP contribution in [-0.2, 0) is 6.42 Å². The van der Waals surface area contributed by atoms with Crippen molar-refractivity contribution in [2.45, 2.75) is 12.3 Å². The highest BCUT2D eigenvalue weighted by Crippen LogP contribution is 2.32. The minimum absolute atomic E-state index is 0.221. The van der Waals surface area contributed by atoms with Crippen LogP contribution in [0, 0.1) is 0 Å². The summed E-state index contributed by atoms with van der Waals surface area (Å²) in [4.78, 5) is 4.24. The number of rotatable bonds is 2. The molecule has 0 saturated carbocycles. The molecule has 1 unspecified atom stereocenters. The van der Waals surface area contributed by atoms with Gasteiger partial charge in [-0.3, -0.25) is 4.98 Å². The molecule has 0 fully saturated rings. The van der Waals surface area contributed by atoms with Gasteiger partial charge in [0, 0.05) is 23.8 Å². The number of fused-ring (bicyclic) bond motifs is 1. The summed E-state index contributed by atoms with van der Waals surface area (Å²) in [5.74, 6) is 0.696. The molecule has 0 bridgehead atoms. The molecule has 0 amide bonds. The molecular weight excluding hydrogens is 212 g/mol. The monoisotopic (exact) mass is 226 g/mol. The van der Waals surface area contributed by atoms with Gasteiger partial charge in [0.2, 0.25) is 0 Å². The molecular formula is C14H14N2O. The van der Waals surface area contributed by atoms with E-state index in [2.05, 4.69) is 28.5 Å². The third-order valence-electron chi connectivity index (χ3n) is 3.20. The van der Waals surface area contributed by atoms with Gasteiger partial charge >= 0.3 is 0 Å². The van der Waals surface area contributed by atoms with Crippen molar-refractivity contribution in [3.63, 3.8) is 0 Å². The number of benzene rings is 1. The Kier molecular flexibility index (Phi) is 2.44. The van der Waals surface area contributed by atoms with Crippen LogP contribution in [0.4, 0.5) is 5.69 Å². The van der Waals surface area contributed by atoms with Gasteiger partial charge in [-0.05, 0) is 30.2 Å². The molecule has 1 aliphatic rings. The van der Waals surface area contributed by atoms with E-state index < -0.39 is 0 Å². The van der Waals surface area contributed by atoms with Crippen molar-refractivity contribution < 1.29 is 5.11 Å². The van der Waals surface area contributed by atoms with Gasteiger partial charge in [0.1, 0.15) is 5.75 Å². The highest BCUT2D eigenvalue weighted by molar-refractivity contribution is 5.57. The minimum Gasteiger partial charge on any atom is -0.506 e. The molecule has 3 heteroatoms. The average molecular weight is 226 g/mol. The van der Waals surface area contributed by atoms with E-state index in [-0.39, 0.29) is 5.75 Å². The van der Waals surface area contributed by atoms with E-state index >= 15 is 0 Å². The number of hydrogen-bond donors (Lipinski definition) is 2. The molecule has 0 aliphatic carbocycles. The number of aromatic hydroxyl groups is 1. The lowest BCUT2D eigenvalue weighted by Gasteiger charge is -2.09. The predicted octanol–water partition coefficient (Wildman–Crippen LogP) is 2.54. The summed E-state index contributed by atoms with van der Waals surface area (Å²) >= 11 is 0. The third-order valence-corrected chi connectivity index (χ3v) is 3.20. The predicted molar refractivity (Wildman–Crippen MR) is 67.3 cm³/mol. The SMILES string of the molecule is Oc1ccc(CC2CNc3ccccc32)nc1. The van der Waals surface area contributed by atoms with Crippen LogP contribution in [0.25, 0.3) is 0 Å². The molecule has 1 aliphatic heterocycles. The normalized spacial score (nSPS) is 17.5.